The number of nitrogens with zero attached hydrogens (tertiary/aromatic N) is 2. The van der Waals surface area contributed by atoms with Crippen LogP contribution in [0.4, 0.5) is 0 Å². The maximum absolute atomic E-state index is 4.91. The Morgan fingerprint density at radius 3 is 1.07 bits per heavy atom. The van der Waals surface area contributed by atoms with E-state index in [4.69, 9.17) is 24.8 Å². The normalized spacial score (nSPS) is 11.5. The van der Waals surface area contributed by atoms with Crippen molar-refractivity contribution in [3.8, 4) is 0 Å². The minimum Gasteiger partial charge on any atom is -0.411 e. The molecule has 2 nitrogen and oxygen atoms in total. The second kappa shape index (κ2) is 18.1. The van der Waals surface area contributed by atoms with Gasteiger partial charge in [-0.3, -0.25) is 0 Å². The van der Waals surface area contributed by atoms with Crippen molar-refractivity contribution in [1.29, 1.82) is 0 Å². The van der Waals surface area contributed by atoms with Crippen LogP contribution in [0.15, 0.2) is 0 Å². The van der Waals surface area contributed by atoms with Crippen molar-refractivity contribution in [2.75, 3.05) is 26.2 Å². The van der Waals surface area contributed by atoms with E-state index >= 15 is 0 Å². The fraction of sp³-hybridized carbons (Fsp3) is 0.957. The summed E-state index contributed by atoms with van der Waals surface area (Å²) in [6.07, 6.45) is 11.1. The van der Waals surface area contributed by atoms with Gasteiger partial charge in [-0.15, -0.1) is 0 Å². The number of quaternary nitrogens is 1. The highest BCUT2D eigenvalue weighted by Gasteiger charge is 2.24. The van der Waals surface area contributed by atoms with Crippen LogP contribution in [-0.2, 0) is 12.6 Å². The first kappa shape index (κ1) is 29.3. The molecule has 0 bridgehead atoms. The van der Waals surface area contributed by atoms with Crippen LogP contribution >= 0.6 is 12.2 Å². The summed E-state index contributed by atoms with van der Waals surface area (Å²) in [5.74, 6) is 0. The summed E-state index contributed by atoms with van der Waals surface area (Å²) in [5, 5.41) is 0. The van der Waals surface area contributed by atoms with E-state index in [0.29, 0.717) is 16.4 Å². The molecule has 0 heterocycles. The molecule has 0 aliphatic carbocycles. The molecule has 0 N–H and O–H groups in total. The molecule has 0 fully saturated rings. The van der Waals surface area contributed by atoms with Crippen LogP contribution in [0.2, 0.25) is 0 Å². The average Bonchev–Trinajstić information content (AvgIpc) is 2.60. The van der Waals surface area contributed by atoms with Gasteiger partial charge in [-0.05, 0) is 53.4 Å². The summed E-state index contributed by atoms with van der Waals surface area (Å²) in [5.41, 5.74) is 0. The lowest BCUT2D eigenvalue weighted by Crippen LogP contribution is -2.50. The zero-order valence-corrected chi connectivity index (χ0v) is 21.5. The summed E-state index contributed by atoms with van der Waals surface area (Å²) in [6, 6.07) is 0.843. The molecule has 0 saturated carbocycles. The first-order chi connectivity index (χ1) is 12.7. The fourth-order valence-corrected chi connectivity index (χ4v) is 4.51. The summed E-state index contributed by atoms with van der Waals surface area (Å²) in [7, 11) is 0. The highest BCUT2D eigenvalue weighted by Crippen LogP contribution is 2.16. The Morgan fingerprint density at radius 1 is 0.704 bits per heavy atom. The molecule has 0 radical (unpaired) electrons. The third-order valence-corrected chi connectivity index (χ3v) is 5.69. The van der Waals surface area contributed by atoms with Crippen LogP contribution in [0.5, 0.6) is 0 Å². The number of unbranched alkanes of at least 4 members (excludes halogenated alkanes) is 4. The van der Waals surface area contributed by atoms with E-state index in [1.807, 2.05) is 4.90 Å². The molecule has 0 atom stereocenters. The van der Waals surface area contributed by atoms with E-state index in [9.17, 15) is 0 Å². The molecule has 0 saturated heterocycles. The van der Waals surface area contributed by atoms with Gasteiger partial charge in [0.05, 0.1) is 26.2 Å². The third-order valence-electron chi connectivity index (χ3n) is 5.27. The Kier molecular flexibility index (Phi) is 19.6. The van der Waals surface area contributed by atoms with E-state index in [0.717, 1.165) is 0 Å². The lowest BCUT2D eigenvalue weighted by molar-refractivity contribution is -0.929. The second-order valence-corrected chi connectivity index (χ2v) is 9.54. The Bertz CT molecular complexity index is 298. The molecule has 0 aromatic carbocycles. The maximum atomic E-state index is 4.91. The van der Waals surface area contributed by atoms with E-state index < -0.39 is 0 Å². The van der Waals surface area contributed by atoms with Crippen molar-refractivity contribution >= 4 is 29.2 Å². The molecule has 4 heteroatoms. The Morgan fingerprint density at radius 2 is 0.963 bits per heavy atom. The van der Waals surface area contributed by atoms with Crippen molar-refractivity contribution in [3.05, 3.63) is 0 Å². The zero-order chi connectivity index (χ0) is 21.3. The zero-order valence-electron chi connectivity index (χ0n) is 19.9. The topological polar surface area (TPSA) is 3.24 Å². The minimum atomic E-state index is 0.421. The van der Waals surface area contributed by atoms with Crippen LogP contribution in [-0.4, -0.2) is 52.0 Å². The predicted octanol–water partition coefficient (Wildman–Crippen LogP) is 6.94. The standard InChI is InChI=1S/C16H36N.C7H15NS2/c1-5-9-13-17(14-10-6-2,15-11-7-3)16-12-8-4;1-5(2)8(6(3)4)7(9)10/h5-16H2,1-4H3;5-6H,1-4H3,(H,9,10)/q+1;/p-1. The molecule has 0 aromatic heterocycles. The van der Waals surface area contributed by atoms with E-state index in [2.05, 4.69) is 55.4 Å². The van der Waals surface area contributed by atoms with Crippen LogP contribution in [0.3, 0.4) is 0 Å². The van der Waals surface area contributed by atoms with Gasteiger partial charge in [-0.25, -0.2) is 0 Å². The molecule has 0 rings (SSSR count). The lowest BCUT2D eigenvalue weighted by Gasteiger charge is -2.39. The molecule has 0 aliphatic heterocycles. The van der Waals surface area contributed by atoms with Crippen molar-refractivity contribution in [2.24, 2.45) is 0 Å². The number of thiocarbonyl (C=S) groups is 1. The molecule has 0 amide bonds. The Hall–Kier alpha value is 0.0700. The molecule has 0 spiro atoms. The van der Waals surface area contributed by atoms with Crippen LogP contribution in [0.1, 0.15) is 107 Å². The van der Waals surface area contributed by atoms with Gasteiger partial charge in [-0.1, -0.05) is 57.7 Å². The van der Waals surface area contributed by atoms with Gasteiger partial charge in [-0.2, -0.15) is 0 Å². The molecule has 0 unspecified atom stereocenters. The summed E-state index contributed by atoms with van der Waals surface area (Å²) < 4.78 is 1.99. The SMILES string of the molecule is CC(C)N(C(=S)[S-])C(C)C.CCCC[N+](CCCC)(CCCC)CCCC. The quantitative estimate of drug-likeness (QED) is 0.171. The molecule has 0 aliphatic rings. The van der Waals surface area contributed by atoms with Crippen molar-refractivity contribution in [3.63, 3.8) is 0 Å². The molecule has 164 valence electrons. The van der Waals surface area contributed by atoms with Gasteiger partial charge in [0.25, 0.3) is 0 Å². The van der Waals surface area contributed by atoms with Gasteiger partial charge in [0.1, 0.15) is 0 Å². The Balaban J connectivity index is 0. The number of hydrogen-bond acceptors (Lipinski definition) is 2. The smallest absolute Gasteiger partial charge is 0.0786 e. The summed E-state index contributed by atoms with van der Waals surface area (Å²) in [6.45, 7) is 23.4. The summed E-state index contributed by atoms with van der Waals surface area (Å²) in [4.78, 5) is 2.05. The van der Waals surface area contributed by atoms with Gasteiger partial charge < -0.3 is 34.2 Å². The van der Waals surface area contributed by atoms with E-state index in [-0.39, 0.29) is 0 Å². The largest absolute Gasteiger partial charge is 0.411 e. The second-order valence-electron chi connectivity index (χ2n) is 8.51. The molecule has 0 aromatic rings. The maximum Gasteiger partial charge on any atom is 0.0786 e. The Labute approximate surface area is 183 Å². The van der Waals surface area contributed by atoms with Crippen LogP contribution in [0.25, 0.3) is 0 Å². The van der Waals surface area contributed by atoms with E-state index in [1.54, 1.807) is 0 Å². The van der Waals surface area contributed by atoms with E-state index in [1.165, 1.54) is 82.0 Å². The minimum absolute atomic E-state index is 0.421. The monoisotopic (exact) mass is 418 g/mol. The third kappa shape index (κ3) is 14.7. The lowest BCUT2D eigenvalue weighted by atomic mass is 10.1. The fourth-order valence-electron chi connectivity index (χ4n) is 3.66. The summed E-state index contributed by atoms with van der Waals surface area (Å²) >= 11 is 9.82. The van der Waals surface area contributed by atoms with Crippen molar-refractivity contribution in [1.82, 2.24) is 4.90 Å². The molecule has 27 heavy (non-hydrogen) atoms. The van der Waals surface area contributed by atoms with Gasteiger partial charge in [0, 0.05) is 12.1 Å². The number of hydrogen-bond donors (Lipinski definition) is 0. The highest BCUT2D eigenvalue weighted by molar-refractivity contribution is 8.00. The van der Waals surface area contributed by atoms with Gasteiger partial charge >= 0.3 is 0 Å². The molecular formula is C23H50N2S2. The first-order valence-electron chi connectivity index (χ1n) is 11.6. The average molecular weight is 419 g/mol. The van der Waals surface area contributed by atoms with Crippen molar-refractivity contribution in [2.45, 2.75) is 119 Å². The molecular weight excluding hydrogens is 368 g/mol. The van der Waals surface area contributed by atoms with Gasteiger partial charge in [0.15, 0.2) is 0 Å². The number of rotatable bonds is 14. The van der Waals surface area contributed by atoms with Crippen LogP contribution in [0, 0.1) is 0 Å². The first-order valence-corrected chi connectivity index (χ1v) is 12.4. The van der Waals surface area contributed by atoms with Crippen LogP contribution < -0.4 is 0 Å². The van der Waals surface area contributed by atoms with Gasteiger partial charge in [0.2, 0.25) is 0 Å². The predicted molar refractivity (Wildman–Crippen MR) is 131 cm³/mol. The van der Waals surface area contributed by atoms with Crippen molar-refractivity contribution < 1.29 is 4.48 Å². The highest BCUT2D eigenvalue weighted by atomic mass is 32.1.